The Bertz CT molecular complexity index is 733. The number of fused-ring (bicyclic) bond motifs is 1. The van der Waals surface area contributed by atoms with Crippen LogP contribution in [0.25, 0.3) is 11.1 Å². The summed E-state index contributed by atoms with van der Waals surface area (Å²) >= 11 is 0. The Balaban J connectivity index is 1.43. The van der Waals surface area contributed by atoms with Gasteiger partial charge in [-0.05, 0) is 47.7 Å². The maximum absolute atomic E-state index is 12.2. The maximum Gasteiger partial charge on any atom is 0.251 e. The fourth-order valence-corrected chi connectivity index (χ4v) is 3.27. The molecule has 0 saturated carbocycles. The molecule has 1 fully saturated rings. The number of nitrogens with one attached hydrogen (secondary N) is 1. The molecule has 2 aromatic carbocycles. The summed E-state index contributed by atoms with van der Waals surface area (Å²) in [5.74, 6) is 0.931. The summed E-state index contributed by atoms with van der Waals surface area (Å²) in [7, 11) is 0. The number of benzene rings is 2. The van der Waals surface area contributed by atoms with Crippen LogP contribution < -0.4 is 10.1 Å². The zero-order chi connectivity index (χ0) is 16.4. The van der Waals surface area contributed by atoms with Gasteiger partial charge in [-0.2, -0.15) is 0 Å². The van der Waals surface area contributed by atoms with Crippen LogP contribution in [0.2, 0.25) is 0 Å². The minimum absolute atomic E-state index is 0.0469. The van der Waals surface area contributed by atoms with Gasteiger partial charge in [0.15, 0.2) is 0 Å². The molecule has 4 nitrogen and oxygen atoms in total. The van der Waals surface area contributed by atoms with Gasteiger partial charge in [0.1, 0.15) is 5.75 Å². The van der Waals surface area contributed by atoms with Gasteiger partial charge in [0.05, 0.1) is 12.7 Å². The Morgan fingerprint density at radius 2 is 1.92 bits per heavy atom. The molecule has 2 aromatic rings. The molecule has 0 radical (unpaired) electrons. The lowest BCUT2D eigenvalue weighted by atomic mass is 10.0. The molecule has 0 aliphatic carbocycles. The van der Waals surface area contributed by atoms with E-state index in [1.165, 1.54) is 5.56 Å². The van der Waals surface area contributed by atoms with Crippen molar-refractivity contribution in [3.05, 3.63) is 53.6 Å². The lowest BCUT2D eigenvalue weighted by molar-refractivity contribution is 0.0858. The number of carbonyl (C=O) groups excluding carboxylic acids is 1. The Morgan fingerprint density at radius 1 is 1.08 bits per heavy atom. The van der Waals surface area contributed by atoms with E-state index in [9.17, 15) is 4.79 Å². The van der Waals surface area contributed by atoms with Gasteiger partial charge in [0.25, 0.3) is 5.91 Å². The van der Waals surface area contributed by atoms with Crippen molar-refractivity contribution in [2.45, 2.75) is 25.4 Å². The van der Waals surface area contributed by atoms with Gasteiger partial charge in [0, 0.05) is 25.1 Å². The number of hydrogen-bond acceptors (Lipinski definition) is 3. The molecule has 4 rings (SSSR count). The molecule has 1 saturated heterocycles. The van der Waals surface area contributed by atoms with Gasteiger partial charge in [0.2, 0.25) is 0 Å². The normalized spacial score (nSPS) is 18.9. The molecular weight excluding hydrogens is 302 g/mol. The summed E-state index contributed by atoms with van der Waals surface area (Å²) in [6, 6.07) is 14.0. The predicted molar refractivity (Wildman–Crippen MR) is 92.4 cm³/mol. The molecule has 4 heteroatoms. The van der Waals surface area contributed by atoms with Crippen LogP contribution in [0, 0.1) is 0 Å². The second kappa shape index (κ2) is 6.65. The first-order valence-electron chi connectivity index (χ1n) is 8.55. The predicted octanol–water partition coefficient (Wildman–Crippen LogP) is 3.20. The number of ether oxygens (including phenoxy) is 2. The lowest BCUT2D eigenvalue weighted by Crippen LogP contribution is -2.31. The van der Waals surface area contributed by atoms with Crippen molar-refractivity contribution in [3.63, 3.8) is 0 Å². The number of carbonyl (C=O) groups is 1. The highest BCUT2D eigenvalue weighted by Gasteiger charge is 2.17. The van der Waals surface area contributed by atoms with Gasteiger partial charge >= 0.3 is 0 Å². The summed E-state index contributed by atoms with van der Waals surface area (Å²) in [5, 5.41) is 2.95. The lowest BCUT2D eigenvalue weighted by Gasteiger charge is -2.11. The SMILES string of the molecule is O=C(NC[C@@H]1CCCO1)c1ccc(-c2ccc3c(c2)OCC3)cc1. The fraction of sp³-hybridized carbons (Fsp3) is 0.350. The third kappa shape index (κ3) is 3.15. The van der Waals surface area contributed by atoms with Crippen LogP contribution in [0.5, 0.6) is 5.75 Å². The van der Waals surface area contributed by atoms with Crippen LogP contribution in [0.1, 0.15) is 28.8 Å². The van der Waals surface area contributed by atoms with Crippen molar-refractivity contribution in [3.8, 4) is 16.9 Å². The van der Waals surface area contributed by atoms with Crippen LogP contribution in [-0.4, -0.2) is 31.8 Å². The van der Waals surface area contributed by atoms with Crippen molar-refractivity contribution in [1.82, 2.24) is 5.32 Å². The molecule has 24 heavy (non-hydrogen) atoms. The van der Waals surface area contributed by atoms with Crippen molar-refractivity contribution in [2.24, 2.45) is 0 Å². The first kappa shape index (κ1) is 15.2. The van der Waals surface area contributed by atoms with E-state index in [1.807, 2.05) is 24.3 Å². The number of amides is 1. The van der Waals surface area contributed by atoms with Crippen molar-refractivity contribution >= 4 is 5.91 Å². The monoisotopic (exact) mass is 323 g/mol. The highest BCUT2D eigenvalue weighted by atomic mass is 16.5. The summed E-state index contributed by atoms with van der Waals surface area (Å²) in [5.41, 5.74) is 4.14. The van der Waals surface area contributed by atoms with E-state index in [4.69, 9.17) is 9.47 Å². The highest BCUT2D eigenvalue weighted by molar-refractivity contribution is 5.94. The third-order valence-electron chi connectivity index (χ3n) is 4.69. The molecule has 2 aliphatic heterocycles. The van der Waals surface area contributed by atoms with Crippen molar-refractivity contribution in [2.75, 3.05) is 19.8 Å². The first-order chi connectivity index (χ1) is 11.8. The second-order valence-corrected chi connectivity index (χ2v) is 6.34. The molecule has 1 amide bonds. The van der Waals surface area contributed by atoms with Crippen LogP contribution in [0.15, 0.2) is 42.5 Å². The van der Waals surface area contributed by atoms with Gasteiger partial charge in [-0.3, -0.25) is 4.79 Å². The standard InChI is InChI=1S/C20H21NO3/c22-20(21-13-18-2-1-10-23-18)16-6-3-14(4-7-16)17-8-5-15-9-11-24-19(15)12-17/h3-8,12,18H,1-2,9-11,13H2,(H,21,22)/t18-/m0/s1. The number of rotatable bonds is 4. The molecule has 0 spiro atoms. The van der Waals surface area contributed by atoms with Crippen LogP contribution >= 0.6 is 0 Å². The average Bonchev–Trinajstić information content (AvgIpc) is 3.30. The van der Waals surface area contributed by atoms with E-state index in [-0.39, 0.29) is 12.0 Å². The Kier molecular flexibility index (Phi) is 4.22. The molecule has 0 aromatic heterocycles. The van der Waals surface area contributed by atoms with E-state index in [0.29, 0.717) is 12.1 Å². The zero-order valence-corrected chi connectivity index (χ0v) is 13.6. The Hall–Kier alpha value is -2.33. The van der Waals surface area contributed by atoms with E-state index in [2.05, 4.69) is 23.5 Å². The zero-order valence-electron chi connectivity index (χ0n) is 13.6. The molecule has 1 N–H and O–H groups in total. The van der Waals surface area contributed by atoms with Crippen LogP contribution in [0.3, 0.4) is 0 Å². The molecule has 0 unspecified atom stereocenters. The van der Waals surface area contributed by atoms with Crippen LogP contribution in [-0.2, 0) is 11.2 Å². The third-order valence-corrected chi connectivity index (χ3v) is 4.69. The second-order valence-electron chi connectivity index (χ2n) is 6.34. The summed E-state index contributed by atoms with van der Waals surface area (Å²) in [4.78, 5) is 12.2. The average molecular weight is 323 g/mol. The first-order valence-corrected chi connectivity index (χ1v) is 8.55. The van der Waals surface area contributed by atoms with Gasteiger partial charge in [-0.1, -0.05) is 24.3 Å². The molecule has 2 aliphatic rings. The molecule has 124 valence electrons. The largest absolute Gasteiger partial charge is 0.493 e. The molecule has 2 heterocycles. The molecular formula is C20H21NO3. The fourth-order valence-electron chi connectivity index (χ4n) is 3.27. The van der Waals surface area contributed by atoms with Crippen molar-refractivity contribution in [1.29, 1.82) is 0 Å². The van der Waals surface area contributed by atoms with Gasteiger partial charge in [-0.15, -0.1) is 0 Å². The summed E-state index contributed by atoms with van der Waals surface area (Å²) in [6.07, 6.45) is 3.26. The number of hydrogen-bond donors (Lipinski definition) is 1. The van der Waals surface area contributed by atoms with E-state index < -0.39 is 0 Å². The van der Waals surface area contributed by atoms with E-state index >= 15 is 0 Å². The van der Waals surface area contributed by atoms with Crippen LogP contribution in [0.4, 0.5) is 0 Å². The van der Waals surface area contributed by atoms with E-state index in [0.717, 1.165) is 49.4 Å². The molecule has 1 atom stereocenters. The Morgan fingerprint density at radius 3 is 2.71 bits per heavy atom. The van der Waals surface area contributed by atoms with Crippen molar-refractivity contribution < 1.29 is 14.3 Å². The Labute approximate surface area is 141 Å². The highest BCUT2D eigenvalue weighted by Crippen LogP contribution is 2.31. The van der Waals surface area contributed by atoms with Gasteiger partial charge < -0.3 is 14.8 Å². The van der Waals surface area contributed by atoms with E-state index in [1.54, 1.807) is 0 Å². The minimum atomic E-state index is -0.0469. The molecule has 0 bridgehead atoms. The quantitative estimate of drug-likeness (QED) is 0.940. The van der Waals surface area contributed by atoms with Gasteiger partial charge in [-0.25, -0.2) is 0 Å². The minimum Gasteiger partial charge on any atom is -0.493 e. The summed E-state index contributed by atoms with van der Waals surface area (Å²) in [6.45, 7) is 2.16. The topological polar surface area (TPSA) is 47.6 Å². The summed E-state index contributed by atoms with van der Waals surface area (Å²) < 4.78 is 11.2. The smallest absolute Gasteiger partial charge is 0.251 e. The maximum atomic E-state index is 12.2.